The lowest BCUT2D eigenvalue weighted by Crippen LogP contribution is -2.57. The van der Waals surface area contributed by atoms with Crippen LogP contribution >= 0.6 is 0 Å². The van der Waals surface area contributed by atoms with Crippen molar-refractivity contribution in [3.05, 3.63) is 30.0 Å². The molecule has 1 heterocycles. The van der Waals surface area contributed by atoms with Crippen molar-refractivity contribution < 1.29 is 42.6 Å². The van der Waals surface area contributed by atoms with Gasteiger partial charge in [0.1, 0.15) is 22.9 Å². The zero-order valence-electron chi connectivity index (χ0n) is 13.6. The Kier molecular flexibility index (Phi) is 4.80. The lowest BCUT2D eigenvalue weighted by Gasteiger charge is -2.43. The van der Waals surface area contributed by atoms with E-state index in [2.05, 4.69) is 0 Å². The number of ketones is 1. The van der Waals surface area contributed by atoms with E-state index in [0.717, 1.165) is 18.4 Å². The second-order valence-corrected chi connectivity index (χ2v) is 7.64. The SMILES string of the molecule is COC1C(O)CC2OC=C(c3ccc(O)c(S(=O)(=O)O)c3)C(=O)C2C1O. The maximum absolute atomic E-state index is 12.9. The number of rotatable bonds is 3. The molecular weight excluding hydrogens is 368 g/mol. The summed E-state index contributed by atoms with van der Waals surface area (Å²) in [5.74, 6) is -2.19. The summed E-state index contributed by atoms with van der Waals surface area (Å²) in [6.45, 7) is 0. The van der Waals surface area contributed by atoms with Crippen LogP contribution in [-0.2, 0) is 24.4 Å². The van der Waals surface area contributed by atoms with Gasteiger partial charge in [0.05, 0.1) is 30.0 Å². The maximum Gasteiger partial charge on any atom is 0.298 e. The molecule has 1 fully saturated rings. The van der Waals surface area contributed by atoms with Gasteiger partial charge in [0.25, 0.3) is 10.1 Å². The molecule has 10 heteroatoms. The lowest BCUT2D eigenvalue weighted by molar-refractivity contribution is -0.171. The Bertz CT molecular complexity index is 860. The molecule has 1 saturated carbocycles. The van der Waals surface area contributed by atoms with Crippen molar-refractivity contribution in [2.45, 2.75) is 35.7 Å². The van der Waals surface area contributed by atoms with Crippen LogP contribution in [0.1, 0.15) is 12.0 Å². The molecule has 0 aromatic heterocycles. The van der Waals surface area contributed by atoms with Gasteiger partial charge >= 0.3 is 0 Å². The van der Waals surface area contributed by atoms with Crippen LogP contribution in [0.5, 0.6) is 5.75 Å². The van der Waals surface area contributed by atoms with E-state index in [1.807, 2.05) is 0 Å². The molecule has 0 spiro atoms. The number of phenols is 1. The Morgan fingerprint density at radius 3 is 2.58 bits per heavy atom. The van der Waals surface area contributed by atoms with Crippen molar-refractivity contribution >= 4 is 21.5 Å². The van der Waals surface area contributed by atoms with Gasteiger partial charge in [0.15, 0.2) is 5.78 Å². The molecule has 1 aliphatic heterocycles. The fraction of sp³-hybridized carbons (Fsp3) is 0.438. The van der Waals surface area contributed by atoms with Crippen LogP contribution < -0.4 is 0 Å². The van der Waals surface area contributed by atoms with Crippen molar-refractivity contribution in [1.82, 2.24) is 0 Å². The highest BCUT2D eigenvalue weighted by molar-refractivity contribution is 7.86. The number of ether oxygens (including phenoxy) is 2. The fourth-order valence-electron chi connectivity index (χ4n) is 3.42. The predicted octanol–water partition coefficient (Wildman–Crippen LogP) is -0.296. The molecule has 0 radical (unpaired) electrons. The van der Waals surface area contributed by atoms with Crippen LogP contribution in [-0.4, -0.2) is 65.6 Å². The molecule has 2 aliphatic rings. The van der Waals surface area contributed by atoms with Crippen LogP contribution in [0.25, 0.3) is 5.57 Å². The largest absolute Gasteiger partial charge is 0.506 e. The monoisotopic (exact) mass is 386 g/mol. The number of Topliss-reactive ketones (excluding diaryl/α,β-unsaturated/α-hetero) is 1. The number of carbonyl (C=O) groups is 1. The molecule has 142 valence electrons. The first-order chi connectivity index (χ1) is 12.1. The Labute approximate surface area is 149 Å². The average Bonchev–Trinajstić information content (AvgIpc) is 2.55. The molecule has 0 saturated heterocycles. The molecule has 1 aromatic rings. The van der Waals surface area contributed by atoms with Gasteiger partial charge in [-0.2, -0.15) is 8.42 Å². The third-order valence-corrected chi connectivity index (χ3v) is 5.59. The van der Waals surface area contributed by atoms with E-state index >= 15 is 0 Å². The molecule has 4 N–H and O–H groups in total. The van der Waals surface area contributed by atoms with E-state index in [0.29, 0.717) is 0 Å². The summed E-state index contributed by atoms with van der Waals surface area (Å²) in [7, 11) is -3.39. The van der Waals surface area contributed by atoms with Gasteiger partial charge in [0, 0.05) is 13.5 Å². The molecule has 0 amide bonds. The van der Waals surface area contributed by atoms with Gasteiger partial charge < -0.3 is 24.8 Å². The molecule has 26 heavy (non-hydrogen) atoms. The number of benzene rings is 1. The zero-order valence-corrected chi connectivity index (χ0v) is 14.5. The van der Waals surface area contributed by atoms with Gasteiger partial charge in [-0.25, -0.2) is 0 Å². The van der Waals surface area contributed by atoms with Crippen LogP contribution in [0.3, 0.4) is 0 Å². The molecule has 5 atom stereocenters. The third kappa shape index (κ3) is 3.10. The third-order valence-electron chi connectivity index (χ3n) is 4.71. The van der Waals surface area contributed by atoms with Crippen LogP contribution in [0.15, 0.2) is 29.4 Å². The Balaban J connectivity index is 2.00. The average molecular weight is 386 g/mol. The molecule has 1 aromatic carbocycles. The van der Waals surface area contributed by atoms with Crippen molar-refractivity contribution in [1.29, 1.82) is 0 Å². The van der Waals surface area contributed by atoms with E-state index in [4.69, 9.17) is 9.47 Å². The molecule has 0 bridgehead atoms. The topological polar surface area (TPSA) is 151 Å². The zero-order chi connectivity index (χ0) is 19.2. The number of aliphatic hydroxyl groups excluding tert-OH is 2. The number of methoxy groups -OCH3 is 1. The summed E-state index contributed by atoms with van der Waals surface area (Å²) in [4.78, 5) is 12.1. The van der Waals surface area contributed by atoms with Crippen LogP contribution in [0.4, 0.5) is 0 Å². The highest BCUT2D eigenvalue weighted by atomic mass is 32.2. The quantitative estimate of drug-likeness (QED) is 0.513. The van der Waals surface area contributed by atoms with E-state index in [9.17, 15) is 33.1 Å². The first-order valence-electron chi connectivity index (χ1n) is 7.74. The lowest BCUT2D eigenvalue weighted by atomic mass is 9.74. The normalized spacial score (nSPS) is 31.8. The number of aliphatic hydroxyl groups is 2. The smallest absolute Gasteiger partial charge is 0.298 e. The number of fused-ring (bicyclic) bond motifs is 1. The Morgan fingerprint density at radius 1 is 1.27 bits per heavy atom. The first kappa shape index (κ1) is 18.8. The van der Waals surface area contributed by atoms with Gasteiger partial charge in [-0.15, -0.1) is 0 Å². The summed E-state index contributed by atoms with van der Waals surface area (Å²) in [6, 6.07) is 3.25. The summed E-state index contributed by atoms with van der Waals surface area (Å²) in [5.41, 5.74) is 0.0626. The van der Waals surface area contributed by atoms with E-state index in [-0.39, 0.29) is 17.6 Å². The molecule has 5 unspecified atom stereocenters. The number of hydrogen-bond acceptors (Lipinski definition) is 8. The van der Waals surface area contributed by atoms with Crippen molar-refractivity contribution in [2.24, 2.45) is 5.92 Å². The maximum atomic E-state index is 12.9. The van der Waals surface area contributed by atoms with Gasteiger partial charge in [0.2, 0.25) is 0 Å². The molecule has 9 nitrogen and oxygen atoms in total. The van der Waals surface area contributed by atoms with Crippen molar-refractivity contribution in [2.75, 3.05) is 7.11 Å². The Morgan fingerprint density at radius 2 is 1.96 bits per heavy atom. The number of phenolic OH excluding ortho intramolecular Hbond substituents is 1. The van der Waals surface area contributed by atoms with Gasteiger partial charge in [-0.3, -0.25) is 9.35 Å². The molecular formula is C16H18O9S. The minimum absolute atomic E-state index is 0.0264. The number of aromatic hydroxyl groups is 1. The van der Waals surface area contributed by atoms with Gasteiger partial charge in [-0.1, -0.05) is 6.07 Å². The standard InChI is InChI=1S/C16H18O9S/c1-24-16-10(18)5-11-13(15(16)20)14(19)8(6-25-11)7-2-3-9(17)12(4-7)26(21,22)23/h2-4,6,10-11,13,15-18,20H,5H2,1H3,(H,21,22,23). The number of hydrogen-bond donors (Lipinski definition) is 4. The van der Waals surface area contributed by atoms with E-state index in [1.165, 1.54) is 13.2 Å². The van der Waals surface area contributed by atoms with Crippen molar-refractivity contribution in [3.63, 3.8) is 0 Å². The Hall–Kier alpha value is -1.98. The minimum Gasteiger partial charge on any atom is -0.506 e. The van der Waals surface area contributed by atoms with E-state index in [1.54, 1.807) is 0 Å². The van der Waals surface area contributed by atoms with E-state index < -0.39 is 56.9 Å². The fourth-order valence-corrected chi connectivity index (χ4v) is 4.03. The summed E-state index contributed by atoms with van der Waals surface area (Å²) < 4.78 is 42.4. The van der Waals surface area contributed by atoms with Crippen LogP contribution in [0, 0.1) is 5.92 Å². The minimum atomic E-state index is -4.70. The molecule has 3 rings (SSSR count). The molecule has 1 aliphatic carbocycles. The van der Waals surface area contributed by atoms with Crippen molar-refractivity contribution in [3.8, 4) is 5.75 Å². The number of allylic oxidation sites excluding steroid dienone is 1. The first-order valence-corrected chi connectivity index (χ1v) is 9.18. The highest BCUT2D eigenvalue weighted by Gasteiger charge is 2.50. The highest BCUT2D eigenvalue weighted by Crippen LogP contribution is 2.38. The summed E-state index contributed by atoms with van der Waals surface area (Å²) in [6.07, 6.45) is -2.82. The van der Waals surface area contributed by atoms with Crippen LogP contribution in [0.2, 0.25) is 0 Å². The predicted molar refractivity (Wildman–Crippen MR) is 86.7 cm³/mol. The number of carbonyl (C=O) groups excluding carboxylic acids is 1. The second kappa shape index (κ2) is 6.63. The second-order valence-electron chi connectivity index (χ2n) is 6.25. The summed E-state index contributed by atoms with van der Waals surface area (Å²) >= 11 is 0. The summed E-state index contributed by atoms with van der Waals surface area (Å²) in [5, 5.41) is 30.0. The van der Waals surface area contributed by atoms with Gasteiger partial charge in [-0.05, 0) is 17.7 Å².